The smallest absolute Gasteiger partial charge is 0.407 e. The quantitative estimate of drug-likeness (QED) is 0.570. The fourth-order valence-electron chi connectivity index (χ4n) is 3.82. The Morgan fingerprint density at radius 2 is 1.68 bits per heavy atom. The standard InChI is InChI=1S/C24H21N3O4/c25-12-15-6-5-11-21(27-15)23(29)22(28)13-26-24(30)31-14-20-18-9-3-1-7-16(18)17-8-2-4-10-19(17)20/h1-11,20,22-23,28-29H,13-14H2,(H,26,30). The number of ether oxygens (including phenoxy) is 1. The van der Waals surface area contributed by atoms with Crippen LogP contribution in [0.1, 0.15) is 34.5 Å². The predicted octanol–water partition coefficient (Wildman–Crippen LogP) is 2.89. The van der Waals surface area contributed by atoms with Gasteiger partial charge in [-0.05, 0) is 34.4 Å². The van der Waals surface area contributed by atoms with Gasteiger partial charge in [-0.1, -0.05) is 54.6 Å². The minimum atomic E-state index is -1.35. The molecule has 156 valence electrons. The summed E-state index contributed by atoms with van der Waals surface area (Å²) in [7, 11) is 0. The molecular formula is C24H21N3O4. The molecule has 2 atom stereocenters. The summed E-state index contributed by atoms with van der Waals surface area (Å²) in [6.45, 7) is -0.0689. The van der Waals surface area contributed by atoms with Crippen molar-refractivity contribution in [3.05, 3.63) is 89.2 Å². The van der Waals surface area contributed by atoms with Crippen LogP contribution in [-0.4, -0.2) is 40.5 Å². The largest absolute Gasteiger partial charge is 0.449 e. The number of pyridine rings is 1. The molecule has 31 heavy (non-hydrogen) atoms. The highest BCUT2D eigenvalue weighted by Crippen LogP contribution is 2.44. The van der Waals surface area contributed by atoms with Gasteiger partial charge in [-0.25, -0.2) is 9.78 Å². The SMILES string of the molecule is N#Cc1cccc(C(O)C(O)CNC(=O)OCC2c3ccccc3-c3ccccc32)n1. The number of nitrogens with one attached hydrogen (secondary N) is 1. The number of fused-ring (bicyclic) bond motifs is 3. The maximum Gasteiger partial charge on any atom is 0.407 e. The molecule has 0 bridgehead atoms. The fraction of sp³-hybridized carbons (Fsp3) is 0.208. The van der Waals surface area contributed by atoms with E-state index in [1.54, 1.807) is 6.07 Å². The van der Waals surface area contributed by atoms with Gasteiger partial charge in [0.05, 0.1) is 5.69 Å². The molecule has 2 unspecified atom stereocenters. The van der Waals surface area contributed by atoms with E-state index in [0.29, 0.717) is 0 Å². The van der Waals surface area contributed by atoms with Crippen LogP contribution >= 0.6 is 0 Å². The topological polar surface area (TPSA) is 115 Å². The minimum absolute atomic E-state index is 0.0633. The molecule has 4 rings (SSSR count). The van der Waals surface area contributed by atoms with Crippen molar-refractivity contribution in [3.63, 3.8) is 0 Å². The summed E-state index contributed by atoms with van der Waals surface area (Å²) in [5, 5.41) is 31.8. The molecule has 3 N–H and O–H groups in total. The third-order valence-electron chi connectivity index (χ3n) is 5.35. The number of hydrogen-bond acceptors (Lipinski definition) is 6. The molecule has 0 saturated heterocycles. The van der Waals surface area contributed by atoms with E-state index in [0.717, 1.165) is 22.3 Å². The fourth-order valence-corrected chi connectivity index (χ4v) is 3.82. The van der Waals surface area contributed by atoms with Crippen LogP contribution in [0.4, 0.5) is 4.79 Å². The second-order valence-electron chi connectivity index (χ2n) is 7.28. The van der Waals surface area contributed by atoms with Gasteiger partial charge in [-0.2, -0.15) is 5.26 Å². The van der Waals surface area contributed by atoms with Gasteiger partial charge in [0.1, 0.15) is 30.6 Å². The van der Waals surface area contributed by atoms with E-state index >= 15 is 0 Å². The number of aliphatic hydroxyl groups is 2. The molecule has 1 heterocycles. The van der Waals surface area contributed by atoms with Gasteiger partial charge in [-0.3, -0.25) is 0 Å². The van der Waals surface area contributed by atoms with Crippen LogP contribution in [0.3, 0.4) is 0 Å². The summed E-state index contributed by atoms with van der Waals surface area (Å²) >= 11 is 0. The number of nitriles is 1. The second-order valence-corrected chi connectivity index (χ2v) is 7.28. The molecule has 2 aromatic carbocycles. The molecule has 7 nitrogen and oxygen atoms in total. The number of benzene rings is 2. The average molecular weight is 415 g/mol. The lowest BCUT2D eigenvalue weighted by molar-refractivity contribution is 0.0160. The van der Waals surface area contributed by atoms with Crippen molar-refractivity contribution in [2.24, 2.45) is 0 Å². The van der Waals surface area contributed by atoms with Crippen molar-refractivity contribution in [1.29, 1.82) is 5.26 Å². The van der Waals surface area contributed by atoms with E-state index in [4.69, 9.17) is 10.00 Å². The molecule has 1 aliphatic carbocycles. The summed E-state index contributed by atoms with van der Waals surface area (Å²) in [4.78, 5) is 16.2. The molecule has 0 aliphatic heterocycles. The highest BCUT2D eigenvalue weighted by molar-refractivity contribution is 5.79. The molecule has 3 aromatic rings. The Hall–Kier alpha value is -3.73. The lowest BCUT2D eigenvalue weighted by atomic mass is 9.98. The Balaban J connectivity index is 1.34. The summed E-state index contributed by atoms with van der Waals surface area (Å²) in [6, 6.07) is 22.5. The van der Waals surface area contributed by atoms with E-state index in [2.05, 4.69) is 22.4 Å². The van der Waals surface area contributed by atoms with E-state index in [1.807, 2.05) is 42.5 Å². The van der Waals surface area contributed by atoms with Gasteiger partial charge in [-0.15, -0.1) is 0 Å². The number of alkyl carbamates (subject to hydrolysis) is 1. The Morgan fingerprint density at radius 3 is 2.32 bits per heavy atom. The Labute approximate surface area is 179 Å². The normalized spacial score (nSPS) is 14.1. The van der Waals surface area contributed by atoms with Crippen molar-refractivity contribution in [3.8, 4) is 17.2 Å². The highest BCUT2D eigenvalue weighted by atomic mass is 16.5. The number of hydrogen-bond donors (Lipinski definition) is 3. The summed E-state index contributed by atoms with van der Waals surface area (Å²) < 4.78 is 5.41. The average Bonchev–Trinajstić information content (AvgIpc) is 3.14. The van der Waals surface area contributed by atoms with Gasteiger partial charge in [0, 0.05) is 12.5 Å². The van der Waals surface area contributed by atoms with Gasteiger partial charge in [0.15, 0.2) is 0 Å². The monoisotopic (exact) mass is 415 g/mol. The van der Waals surface area contributed by atoms with E-state index in [-0.39, 0.29) is 30.5 Å². The van der Waals surface area contributed by atoms with Crippen LogP contribution in [0, 0.1) is 11.3 Å². The first-order chi connectivity index (χ1) is 15.1. The molecule has 1 aliphatic rings. The second kappa shape index (κ2) is 8.96. The van der Waals surface area contributed by atoms with E-state index in [1.165, 1.54) is 12.1 Å². The number of aliphatic hydroxyl groups excluding tert-OH is 2. The molecule has 1 aromatic heterocycles. The molecule has 0 saturated carbocycles. The number of aromatic nitrogens is 1. The van der Waals surface area contributed by atoms with Crippen molar-refractivity contribution < 1.29 is 19.7 Å². The Bertz CT molecular complexity index is 1100. The third kappa shape index (κ3) is 4.26. The molecule has 0 radical (unpaired) electrons. The highest BCUT2D eigenvalue weighted by Gasteiger charge is 2.29. The first kappa shape index (κ1) is 20.5. The number of carbonyl (C=O) groups excluding carboxylic acids is 1. The number of rotatable bonds is 6. The molecule has 1 amide bonds. The van der Waals surface area contributed by atoms with Gasteiger partial charge in [0.25, 0.3) is 0 Å². The predicted molar refractivity (Wildman–Crippen MR) is 113 cm³/mol. The first-order valence-corrected chi connectivity index (χ1v) is 9.90. The van der Waals surface area contributed by atoms with Crippen LogP contribution in [0.25, 0.3) is 11.1 Å². The zero-order chi connectivity index (χ0) is 21.8. The summed E-state index contributed by atoms with van der Waals surface area (Å²) in [6.07, 6.45) is -3.34. The zero-order valence-corrected chi connectivity index (χ0v) is 16.6. The van der Waals surface area contributed by atoms with Gasteiger partial charge < -0.3 is 20.3 Å². The van der Waals surface area contributed by atoms with E-state index in [9.17, 15) is 15.0 Å². The molecule has 7 heteroatoms. The number of nitrogens with zero attached hydrogens (tertiary/aromatic N) is 2. The molecule has 0 fully saturated rings. The molecular weight excluding hydrogens is 394 g/mol. The first-order valence-electron chi connectivity index (χ1n) is 9.90. The summed E-state index contributed by atoms with van der Waals surface area (Å²) in [5.74, 6) is -0.0633. The maximum atomic E-state index is 12.2. The van der Waals surface area contributed by atoms with E-state index < -0.39 is 18.3 Å². The van der Waals surface area contributed by atoms with Crippen molar-refractivity contribution in [2.75, 3.05) is 13.2 Å². The molecule has 0 spiro atoms. The van der Waals surface area contributed by atoms with Crippen LogP contribution in [-0.2, 0) is 4.74 Å². The minimum Gasteiger partial charge on any atom is -0.449 e. The Morgan fingerprint density at radius 1 is 1.03 bits per heavy atom. The van der Waals surface area contributed by atoms with Gasteiger partial charge in [0.2, 0.25) is 0 Å². The van der Waals surface area contributed by atoms with Crippen molar-refractivity contribution in [1.82, 2.24) is 10.3 Å². The summed E-state index contributed by atoms with van der Waals surface area (Å²) in [5.41, 5.74) is 4.77. The van der Waals surface area contributed by atoms with Crippen LogP contribution in [0.5, 0.6) is 0 Å². The third-order valence-corrected chi connectivity index (χ3v) is 5.35. The van der Waals surface area contributed by atoms with Crippen LogP contribution in [0.15, 0.2) is 66.7 Å². The number of carbonyl (C=O) groups is 1. The lowest BCUT2D eigenvalue weighted by Crippen LogP contribution is -2.36. The lowest BCUT2D eigenvalue weighted by Gasteiger charge is -2.19. The van der Waals surface area contributed by atoms with Crippen molar-refractivity contribution >= 4 is 6.09 Å². The van der Waals surface area contributed by atoms with Crippen molar-refractivity contribution in [2.45, 2.75) is 18.1 Å². The zero-order valence-electron chi connectivity index (χ0n) is 16.6. The van der Waals surface area contributed by atoms with Crippen LogP contribution < -0.4 is 5.32 Å². The maximum absolute atomic E-state index is 12.2. The van der Waals surface area contributed by atoms with Crippen LogP contribution in [0.2, 0.25) is 0 Å². The van der Waals surface area contributed by atoms with Gasteiger partial charge >= 0.3 is 6.09 Å². The number of amides is 1. The Kier molecular flexibility index (Phi) is 5.94.